The van der Waals surface area contributed by atoms with Crippen LogP contribution in [0, 0.1) is 0 Å². The molecular formula is C12H19N5OS. The van der Waals surface area contributed by atoms with E-state index in [-0.39, 0.29) is 5.91 Å². The van der Waals surface area contributed by atoms with Gasteiger partial charge in [0, 0.05) is 27.2 Å². The number of hydrogen-bond acceptors (Lipinski definition) is 3. The second-order valence-corrected chi connectivity index (χ2v) is 5.00. The third-order valence-electron chi connectivity index (χ3n) is 3.26. The number of likely N-dealkylation sites (tertiary alicyclic amines) is 1. The molecule has 6 nitrogen and oxygen atoms in total. The van der Waals surface area contributed by atoms with Gasteiger partial charge in [-0.25, -0.2) is 0 Å². The van der Waals surface area contributed by atoms with Gasteiger partial charge in [0.15, 0.2) is 5.11 Å². The number of anilines is 1. The summed E-state index contributed by atoms with van der Waals surface area (Å²) in [6, 6.07) is 0. The maximum Gasteiger partial charge on any atom is 0.274 e. The lowest BCUT2D eigenvalue weighted by Gasteiger charge is -2.27. The molecule has 0 saturated carbocycles. The molecule has 104 valence electrons. The van der Waals surface area contributed by atoms with Crippen LogP contribution >= 0.6 is 12.2 Å². The van der Waals surface area contributed by atoms with Crippen molar-refractivity contribution >= 4 is 28.9 Å². The maximum atomic E-state index is 12.5. The summed E-state index contributed by atoms with van der Waals surface area (Å²) in [6.45, 7) is 1.64. The number of piperidine rings is 1. The molecule has 2 heterocycles. The first kappa shape index (κ1) is 13.8. The molecule has 1 fully saturated rings. The van der Waals surface area contributed by atoms with Crippen LogP contribution in [0.1, 0.15) is 29.8 Å². The Hall–Kier alpha value is -1.63. The number of rotatable bonds is 2. The summed E-state index contributed by atoms with van der Waals surface area (Å²) in [4.78, 5) is 14.4. The Bertz CT molecular complexity index is 478. The summed E-state index contributed by atoms with van der Waals surface area (Å²) in [7, 11) is 3.50. The molecule has 2 rings (SSSR count). The van der Waals surface area contributed by atoms with Gasteiger partial charge in [-0.1, -0.05) is 0 Å². The Morgan fingerprint density at radius 1 is 1.37 bits per heavy atom. The summed E-state index contributed by atoms with van der Waals surface area (Å²) in [5.41, 5.74) is 1.21. The molecule has 0 aliphatic carbocycles. The maximum absolute atomic E-state index is 12.5. The summed E-state index contributed by atoms with van der Waals surface area (Å²) in [6.07, 6.45) is 4.97. The normalized spacial score (nSPS) is 15.2. The summed E-state index contributed by atoms with van der Waals surface area (Å²) >= 11 is 5.07. The van der Waals surface area contributed by atoms with Gasteiger partial charge in [-0.15, -0.1) is 0 Å². The van der Waals surface area contributed by atoms with Crippen molar-refractivity contribution in [3.8, 4) is 0 Å². The fourth-order valence-electron chi connectivity index (χ4n) is 2.21. The number of nitrogens with one attached hydrogen (secondary N) is 2. The van der Waals surface area contributed by atoms with Crippen molar-refractivity contribution in [2.75, 3.05) is 25.5 Å². The van der Waals surface area contributed by atoms with E-state index in [9.17, 15) is 4.79 Å². The van der Waals surface area contributed by atoms with Gasteiger partial charge >= 0.3 is 0 Å². The zero-order chi connectivity index (χ0) is 13.8. The van der Waals surface area contributed by atoms with Crippen LogP contribution in [0.4, 0.5) is 5.69 Å². The van der Waals surface area contributed by atoms with Crippen molar-refractivity contribution < 1.29 is 4.79 Å². The SMILES string of the molecule is CNC(=S)Nc1cnn(C)c1C(=O)N1CCCCC1. The highest BCUT2D eigenvalue weighted by atomic mass is 32.1. The molecule has 0 unspecified atom stereocenters. The molecule has 0 aromatic carbocycles. The largest absolute Gasteiger partial charge is 0.366 e. The lowest BCUT2D eigenvalue weighted by atomic mass is 10.1. The number of aryl methyl sites for hydroxylation is 1. The minimum atomic E-state index is 0.0149. The molecule has 0 atom stereocenters. The quantitative estimate of drug-likeness (QED) is 0.791. The highest BCUT2D eigenvalue weighted by molar-refractivity contribution is 7.80. The first-order valence-electron chi connectivity index (χ1n) is 6.43. The lowest BCUT2D eigenvalue weighted by Crippen LogP contribution is -2.37. The van der Waals surface area contributed by atoms with Gasteiger partial charge in [0.05, 0.1) is 11.9 Å². The van der Waals surface area contributed by atoms with Gasteiger partial charge in [0.2, 0.25) is 0 Å². The van der Waals surface area contributed by atoms with Crippen LogP contribution in [0.15, 0.2) is 6.20 Å². The van der Waals surface area contributed by atoms with Crippen LogP contribution in [0.5, 0.6) is 0 Å². The van der Waals surface area contributed by atoms with E-state index in [0.29, 0.717) is 16.5 Å². The van der Waals surface area contributed by atoms with E-state index in [1.807, 2.05) is 4.90 Å². The van der Waals surface area contributed by atoms with Crippen molar-refractivity contribution in [2.45, 2.75) is 19.3 Å². The smallest absolute Gasteiger partial charge is 0.274 e. The summed E-state index contributed by atoms with van der Waals surface area (Å²) < 4.78 is 1.59. The van der Waals surface area contributed by atoms with Gasteiger partial charge < -0.3 is 15.5 Å². The lowest BCUT2D eigenvalue weighted by molar-refractivity contribution is 0.0714. The standard InChI is InChI=1S/C12H19N5OS/c1-13-12(19)15-9-8-14-16(2)10(9)11(18)17-6-4-3-5-7-17/h8H,3-7H2,1-2H3,(H2,13,15,19). The van der Waals surface area contributed by atoms with Crippen LogP contribution in [0.25, 0.3) is 0 Å². The van der Waals surface area contributed by atoms with Crippen molar-refractivity contribution in [1.29, 1.82) is 0 Å². The second kappa shape index (κ2) is 6.01. The van der Waals surface area contributed by atoms with Gasteiger partial charge in [0.1, 0.15) is 5.69 Å². The highest BCUT2D eigenvalue weighted by Gasteiger charge is 2.24. The Morgan fingerprint density at radius 2 is 2.05 bits per heavy atom. The molecule has 1 saturated heterocycles. The predicted molar refractivity (Wildman–Crippen MR) is 78.2 cm³/mol. The molecule has 0 spiro atoms. The molecule has 1 aromatic rings. The van der Waals surface area contributed by atoms with Crippen molar-refractivity contribution in [2.24, 2.45) is 7.05 Å². The number of hydrogen-bond donors (Lipinski definition) is 2. The molecule has 1 aliphatic heterocycles. The van der Waals surface area contributed by atoms with Crippen molar-refractivity contribution in [3.63, 3.8) is 0 Å². The van der Waals surface area contributed by atoms with E-state index in [0.717, 1.165) is 25.9 Å². The molecule has 1 aliphatic rings. The Kier molecular flexibility index (Phi) is 4.36. The summed E-state index contributed by atoms with van der Waals surface area (Å²) in [5, 5.41) is 10.4. The molecule has 1 aromatic heterocycles. The first-order valence-corrected chi connectivity index (χ1v) is 6.84. The number of amides is 1. The van der Waals surface area contributed by atoms with Crippen LogP contribution < -0.4 is 10.6 Å². The van der Waals surface area contributed by atoms with Gasteiger partial charge in [-0.2, -0.15) is 5.10 Å². The van der Waals surface area contributed by atoms with Crippen molar-refractivity contribution in [1.82, 2.24) is 20.0 Å². The minimum absolute atomic E-state index is 0.0149. The molecule has 1 amide bonds. The molecule has 0 radical (unpaired) electrons. The van der Waals surface area contributed by atoms with E-state index in [4.69, 9.17) is 12.2 Å². The minimum Gasteiger partial charge on any atom is -0.366 e. The molecule has 2 N–H and O–H groups in total. The third-order valence-corrected chi connectivity index (χ3v) is 3.57. The van der Waals surface area contributed by atoms with Gasteiger partial charge in [0.25, 0.3) is 5.91 Å². The monoisotopic (exact) mass is 281 g/mol. The average molecular weight is 281 g/mol. The number of aromatic nitrogens is 2. The van der Waals surface area contributed by atoms with Gasteiger partial charge in [-0.05, 0) is 31.5 Å². The predicted octanol–water partition coefficient (Wildman–Crippen LogP) is 0.962. The third kappa shape index (κ3) is 3.04. The zero-order valence-corrected chi connectivity index (χ0v) is 12.1. The molecule has 19 heavy (non-hydrogen) atoms. The second-order valence-electron chi connectivity index (χ2n) is 4.59. The van der Waals surface area contributed by atoms with E-state index in [2.05, 4.69) is 15.7 Å². The summed E-state index contributed by atoms with van der Waals surface area (Å²) in [5.74, 6) is 0.0149. The topological polar surface area (TPSA) is 62.2 Å². The number of carbonyl (C=O) groups excluding carboxylic acids is 1. The Morgan fingerprint density at radius 3 is 2.68 bits per heavy atom. The fraction of sp³-hybridized carbons (Fsp3) is 0.583. The van der Waals surface area contributed by atoms with E-state index >= 15 is 0 Å². The van der Waals surface area contributed by atoms with E-state index < -0.39 is 0 Å². The highest BCUT2D eigenvalue weighted by Crippen LogP contribution is 2.19. The molecule has 0 bridgehead atoms. The zero-order valence-electron chi connectivity index (χ0n) is 11.3. The van der Waals surface area contributed by atoms with E-state index in [1.165, 1.54) is 6.42 Å². The molecular weight excluding hydrogens is 262 g/mol. The number of nitrogens with zero attached hydrogens (tertiary/aromatic N) is 3. The Labute approximate surface area is 118 Å². The fourth-order valence-corrected chi connectivity index (χ4v) is 2.32. The number of carbonyl (C=O) groups is 1. The first-order chi connectivity index (χ1) is 9.13. The van der Waals surface area contributed by atoms with Crippen LogP contribution in [0.2, 0.25) is 0 Å². The number of thiocarbonyl (C=S) groups is 1. The molecule has 7 heteroatoms. The van der Waals surface area contributed by atoms with Gasteiger partial charge in [-0.3, -0.25) is 9.48 Å². The average Bonchev–Trinajstić information content (AvgIpc) is 2.79. The van der Waals surface area contributed by atoms with Crippen LogP contribution in [-0.4, -0.2) is 45.8 Å². The van der Waals surface area contributed by atoms with E-state index in [1.54, 1.807) is 25.0 Å². The van der Waals surface area contributed by atoms with Crippen LogP contribution in [-0.2, 0) is 7.05 Å². The van der Waals surface area contributed by atoms with Crippen molar-refractivity contribution in [3.05, 3.63) is 11.9 Å². The van der Waals surface area contributed by atoms with Crippen LogP contribution in [0.3, 0.4) is 0 Å². The Balaban J connectivity index is 2.20.